The molecule has 2 aromatic rings. The van der Waals surface area contributed by atoms with Gasteiger partial charge in [0.1, 0.15) is 12.4 Å². The van der Waals surface area contributed by atoms with Gasteiger partial charge in [-0.2, -0.15) is 5.26 Å². The predicted molar refractivity (Wildman–Crippen MR) is 74.0 cm³/mol. The van der Waals surface area contributed by atoms with Crippen molar-refractivity contribution in [2.45, 2.75) is 6.61 Å². The molecule has 0 aromatic heterocycles. The highest BCUT2D eigenvalue weighted by Gasteiger charge is 2.07. The standard InChI is InChI=1S/C14H10BrFN2O/c15-12-2-1-3-13(18)14(12)19-8-10-4-9(7-17)5-11(16)6-10/h1-6H,8,18H2. The summed E-state index contributed by atoms with van der Waals surface area (Å²) in [6, 6.07) is 11.3. The van der Waals surface area contributed by atoms with Crippen LogP contribution in [0.2, 0.25) is 0 Å². The van der Waals surface area contributed by atoms with E-state index in [1.54, 1.807) is 24.3 Å². The number of benzene rings is 2. The first-order valence-electron chi connectivity index (χ1n) is 5.46. The van der Waals surface area contributed by atoms with Crippen LogP contribution in [0.25, 0.3) is 0 Å². The van der Waals surface area contributed by atoms with Gasteiger partial charge in [0.05, 0.1) is 21.8 Å². The van der Waals surface area contributed by atoms with Crippen molar-refractivity contribution in [2.75, 3.05) is 5.73 Å². The van der Waals surface area contributed by atoms with Crippen LogP contribution in [0, 0.1) is 17.1 Å². The second-order valence-electron chi connectivity index (χ2n) is 3.91. The highest BCUT2D eigenvalue weighted by molar-refractivity contribution is 9.10. The molecule has 0 radical (unpaired) electrons. The number of hydrogen-bond donors (Lipinski definition) is 1. The van der Waals surface area contributed by atoms with Crippen molar-refractivity contribution >= 4 is 21.6 Å². The lowest BCUT2D eigenvalue weighted by Gasteiger charge is -2.11. The normalized spacial score (nSPS) is 9.95. The third kappa shape index (κ3) is 3.24. The van der Waals surface area contributed by atoms with Crippen LogP contribution in [0.3, 0.4) is 0 Å². The lowest BCUT2D eigenvalue weighted by Crippen LogP contribution is -2.00. The maximum atomic E-state index is 13.3. The summed E-state index contributed by atoms with van der Waals surface area (Å²) in [4.78, 5) is 0. The summed E-state index contributed by atoms with van der Waals surface area (Å²) >= 11 is 3.33. The molecule has 0 aliphatic heterocycles. The Bertz CT molecular complexity index is 632. The Hall–Kier alpha value is -2.06. The molecule has 2 aromatic carbocycles. The maximum absolute atomic E-state index is 13.3. The van der Waals surface area contributed by atoms with Crippen molar-refractivity contribution in [3.63, 3.8) is 0 Å². The molecule has 19 heavy (non-hydrogen) atoms. The smallest absolute Gasteiger partial charge is 0.156 e. The Labute approximate surface area is 118 Å². The number of para-hydroxylation sites is 1. The molecule has 0 aliphatic carbocycles. The third-order valence-electron chi connectivity index (χ3n) is 2.47. The van der Waals surface area contributed by atoms with E-state index in [-0.39, 0.29) is 12.2 Å². The molecule has 0 fully saturated rings. The Morgan fingerprint density at radius 3 is 2.79 bits per heavy atom. The number of anilines is 1. The van der Waals surface area contributed by atoms with E-state index >= 15 is 0 Å². The monoisotopic (exact) mass is 320 g/mol. The Balaban J connectivity index is 2.19. The van der Waals surface area contributed by atoms with E-state index in [1.165, 1.54) is 12.1 Å². The number of nitrogens with two attached hydrogens (primary N) is 1. The van der Waals surface area contributed by atoms with Crippen LogP contribution in [0.1, 0.15) is 11.1 Å². The van der Waals surface area contributed by atoms with E-state index in [0.29, 0.717) is 17.0 Å². The van der Waals surface area contributed by atoms with Gasteiger partial charge in [-0.3, -0.25) is 0 Å². The summed E-state index contributed by atoms with van der Waals surface area (Å²) in [5.74, 6) is 0.0445. The van der Waals surface area contributed by atoms with Crippen LogP contribution in [-0.4, -0.2) is 0 Å². The first kappa shape index (κ1) is 13.4. The molecule has 0 saturated heterocycles. The van der Waals surface area contributed by atoms with E-state index in [2.05, 4.69) is 15.9 Å². The van der Waals surface area contributed by atoms with Crippen LogP contribution in [0.15, 0.2) is 40.9 Å². The largest absolute Gasteiger partial charge is 0.486 e. The van der Waals surface area contributed by atoms with E-state index in [1.807, 2.05) is 6.07 Å². The molecule has 5 heteroatoms. The Kier molecular flexibility index (Phi) is 4.03. The second-order valence-corrected chi connectivity index (χ2v) is 4.76. The van der Waals surface area contributed by atoms with Gasteiger partial charge >= 0.3 is 0 Å². The van der Waals surface area contributed by atoms with Gasteiger partial charge in [0.2, 0.25) is 0 Å². The number of nitrogens with zero attached hydrogens (tertiary/aromatic N) is 1. The van der Waals surface area contributed by atoms with Gasteiger partial charge in [-0.25, -0.2) is 4.39 Å². The fraction of sp³-hybridized carbons (Fsp3) is 0.0714. The number of nitrogen functional groups attached to an aromatic ring is 1. The number of hydrogen-bond acceptors (Lipinski definition) is 3. The molecule has 0 amide bonds. The molecule has 0 unspecified atom stereocenters. The molecule has 2 N–H and O–H groups in total. The van der Waals surface area contributed by atoms with Crippen LogP contribution in [0.5, 0.6) is 5.75 Å². The molecule has 2 rings (SSSR count). The molecule has 0 bridgehead atoms. The van der Waals surface area contributed by atoms with Gasteiger partial charge in [-0.1, -0.05) is 6.07 Å². The highest BCUT2D eigenvalue weighted by Crippen LogP contribution is 2.31. The quantitative estimate of drug-likeness (QED) is 0.879. The minimum absolute atomic E-state index is 0.138. The van der Waals surface area contributed by atoms with Crippen LogP contribution in [-0.2, 0) is 6.61 Å². The second kappa shape index (κ2) is 5.72. The molecular formula is C14H10BrFN2O. The molecule has 0 saturated carbocycles. The molecule has 3 nitrogen and oxygen atoms in total. The lowest BCUT2D eigenvalue weighted by atomic mass is 10.1. The van der Waals surface area contributed by atoms with Crippen LogP contribution >= 0.6 is 15.9 Å². The predicted octanol–water partition coefficient (Wildman–Crippen LogP) is 3.62. The van der Waals surface area contributed by atoms with Gasteiger partial charge in [0, 0.05) is 0 Å². The topological polar surface area (TPSA) is 59.0 Å². The van der Waals surface area contributed by atoms with E-state index in [9.17, 15) is 4.39 Å². The van der Waals surface area contributed by atoms with Crippen molar-refractivity contribution in [1.29, 1.82) is 5.26 Å². The Morgan fingerprint density at radius 2 is 2.11 bits per heavy atom. The summed E-state index contributed by atoms with van der Waals surface area (Å²) in [5.41, 5.74) is 7.12. The zero-order chi connectivity index (χ0) is 13.8. The number of ether oxygens (including phenoxy) is 1. The van der Waals surface area contributed by atoms with E-state index in [0.717, 1.165) is 4.47 Å². The summed E-state index contributed by atoms with van der Waals surface area (Å²) in [7, 11) is 0. The first-order valence-corrected chi connectivity index (χ1v) is 6.26. The summed E-state index contributed by atoms with van der Waals surface area (Å²) < 4.78 is 19.5. The van der Waals surface area contributed by atoms with Crippen LogP contribution in [0.4, 0.5) is 10.1 Å². The van der Waals surface area contributed by atoms with Crippen molar-refractivity contribution in [3.05, 3.63) is 57.8 Å². The third-order valence-corrected chi connectivity index (χ3v) is 3.09. The summed E-state index contributed by atoms with van der Waals surface area (Å²) in [5, 5.41) is 8.77. The minimum atomic E-state index is -0.460. The van der Waals surface area contributed by atoms with E-state index < -0.39 is 5.82 Å². The van der Waals surface area contributed by atoms with Gasteiger partial charge < -0.3 is 10.5 Å². The molecule has 96 valence electrons. The number of nitriles is 1. The first-order chi connectivity index (χ1) is 9.10. The summed E-state index contributed by atoms with van der Waals surface area (Å²) in [6.45, 7) is 0.138. The van der Waals surface area contributed by atoms with E-state index in [4.69, 9.17) is 15.7 Å². The molecule has 0 spiro atoms. The van der Waals surface area contributed by atoms with Crippen molar-refractivity contribution in [2.24, 2.45) is 0 Å². The van der Waals surface area contributed by atoms with Gasteiger partial charge in [0.15, 0.2) is 5.75 Å². The zero-order valence-electron chi connectivity index (χ0n) is 9.86. The fourth-order valence-corrected chi connectivity index (χ4v) is 2.13. The van der Waals surface area contributed by atoms with Gasteiger partial charge in [-0.05, 0) is 51.8 Å². The average molecular weight is 321 g/mol. The lowest BCUT2D eigenvalue weighted by molar-refractivity contribution is 0.305. The summed E-state index contributed by atoms with van der Waals surface area (Å²) in [6.07, 6.45) is 0. The molecule has 0 atom stereocenters. The van der Waals surface area contributed by atoms with Crippen LogP contribution < -0.4 is 10.5 Å². The molecule has 0 aliphatic rings. The zero-order valence-corrected chi connectivity index (χ0v) is 11.4. The number of halogens is 2. The SMILES string of the molecule is N#Cc1cc(F)cc(COc2c(N)cccc2Br)c1. The Morgan fingerprint density at radius 1 is 1.32 bits per heavy atom. The molecule has 0 heterocycles. The number of rotatable bonds is 3. The van der Waals surface area contributed by atoms with Crippen molar-refractivity contribution in [3.8, 4) is 11.8 Å². The van der Waals surface area contributed by atoms with Crippen molar-refractivity contribution in [1.82, 2.24) is 0 Å². The van der Waals surface area contributed by atoms with Gasteiger partial charge in [-0.15, -0.1) is 0 Å². The maximum Gasteiger partial charge on any atom is 0.156 e. The molecular weight excluding hydrogens is 311 g/mol. The minimum Gasteiger partial charge on any atom is -0.486 e. The van der Waals surface area contributed by atoms with Gasteiger partial charge in [0.25, 0.3) is 0 Å². The fourth-order valence-electron chi connectivity index (χ4n) is 1.63. The highest BCUT2D eigenvalue weighted by atomic mass is 79.9. The van der Waals surface area contributed by atoms with Crippen molar-refractivity contribution < 1.29 is 9.13 Å². The average Bonchev–Trinajstić information content (AvgIpc) is 2.37.